The zero-order valence-corrected chi connectivity index (χ0v) is 20.2. The van der Waals surface area contributed by atoms with Gasteiger partial charge in [0.1, 0.15) is 5.75 Å². The number of hydrogen-bond donors (Lipinski definition) is 1. The van der Waals surface area contributed by atoms with Crippen LogP contribution in [0.15, 0.2) is 66.9 Å². The molecule has 3 aromatic rings. The molecule has 1 atom stereocenters. The van der Waals surface area contributed by atoms with Crippen molar-refractivity contribution in [3.8, 4) is 5.75 Å². The molecule has 1 amide bonds. The molecule has 174 valence electrons. The van der Waals surface area contributed by atoms with Gasteiger partial charge < -0.3 is 14.6 Å². The molecular weight excluding hydrogens is 410 g/mol. The lowest BCUT2D eigenvalue weighted by Crippen LogP contribution is -2.42. The van der Waals surface area contributed by atoms with Crippen LogP contribution in [-0.2, 0) is 30.2 Å². The van der Waals surface area contributed by atoms with E-state index >= 15 is 0 Å². The lowest BCUT2D eigenvalue weighted by atomic mass is 9.87. The monoisotopic (exact) mass is 445 g/mol. The Kier molecular flexibility index (Phi) is 6.89. The molecule has 1 N–H and O–H groups in total. The summed E-state index contributed by atoms with van der Waals surface area (Å²) >= 11 is 0. The van der Waals surface area contributed by atoms with E-state index in [2.05, 4.69) is 97.3 Å². The number of ether oxygens (including phenoxy) is 1. The van der Waals surface area contributed by atoms with E-state index in [4.69, 9.17) is 4.74 Å². The van der Waals surface area contributed by atoms with Crippen LogP contribution in [0.3, 0.4) is 0 Å². The van der Waals surface area contributed by atoms with E-state index in [1.54, 1.807) is 0 Å². The number of aryl methyl sites for hydroxylation is 1. The van der Waals surface area contributed by atoms with Crippen molar-refractivity contribution in [1.29, 1.82) is 0 Å². The Morgan fingerprint density at radius 2 is 1.76 bits per heavy atom. The summed E-state index contributed by atoms with van der Waals surface area (Å²) in [6.07, 6.45) is 3.09. The van der Waals surface area contributed by atoms with Gasteiger partial charge in [0.05, 0.1) is 6.04 Å². The van der Waals surface area contributed by atoms with E-state index in [9.17, 15) is 4.79 Å². The maximum Gasteiger partial charge on any atom is 0.258 e. The normalized spacial score (nSPS) is 15.0. The van der Waals surface area contributed by atoms with Crippen molar-refractivity contribution in [2.24, 2.45) is 7.05 Å². The summed E-state index contributed by atoms with van der Waals surface area (Å²) in [7, 11) is 2.06. The van der Waals surface area contributed by atoms with Gasteiger partial charge in [-0.05, 0) is 52.8 Å². The molecule has 2 heterocycles. The minimum Gasteiger partial charge on any atom is -0.484 e. The van der Waals surface area contributed by atoms with E-state index in [1.165, 1.54) is 22.4 Å². The molecule has 1 aromatic heterocycles. The van der Waals surface area contributed by atoms with Gasteiger partial charge >= 0.3 is 0 Å². The first kappa shape index (κ1) is 23.1. The number of nitrogens with zero attached hydrogens (tertiary/aromatic N) is 2. The Balaban J connectivity index is 1.37. The van der Waals surface area contributed by atoms with Crippen LogP contribution in [0.25, 0.3) is 0 Å². The lowest BCUT2D eigenvalue weighted by molar-refractivity contribution is -0.123. The highest BCUT2D eigenvalue weighted by molar-refractivity contribution is 5.77. The van der Waals surface area contributed by atoms with Crippen LogP contribution in [0.2, 0.25) is 0 Å². The first-order valence-electron chi connectivity index (χ1n) is 11.7. The van der Waals surface area contributed by atoms with Crippen molar-refractivity contribution in [3.63, 3.8) is 0 Å². The summed E-state index contributed by atoms with van der Waals surface area (Å²) in [5, 5.41) is 3.11. The number of aromatic nitrogens is 1. The van der Waals surface area contributed by atoms with Crippen molar-refractivity contribution in [1.82, 2.24) is 14.8 Å². The first-order chi connectivity index (χ1) is 15.8. The van der Waals surface area contributed by atoms with E-state index in [0.29, 0.717) is 12.3 Å². The van der Waals surface area contributed by atoms with Crippen molar-refractivity contribution >= 4 is 5.91 Å². The summed E-state index contributed by atoms with van der Waals surface area (Å²) in [5.74, 6) is 0.608. The van der Waals surface area contributed by atoms with Gasteiger partial charge in [-0.25, -0.2) is 0 Å². The average molecular weight is 446 g/mol. The third kappa shape index (κ3) is 5.66. The summed E-state index contributed by atoms with van der Waals surface area (Å²) < 4.78 is 7.89. The Hall–Kier alpha value is -3.05. The smallest absolute Gasteiger partial charge is 0.258 e. The molecule has 1 aliphatic heterocycles. The summed E-state index contributed by atoms with van der Waals surface area (Å²) in [5.41, 5.74) is 5.34. The highest BCUT2D eigenvalue weighted by Gasteiger charge is 2.26. The second-order valence-corrected chi connectivity index (χ2v) is 9.92. The molecule has 0 saturated carbocycles. The number of carbonyl (C=O) groups is 1. The number of hydrogen-bond acceptors (Lipinski definition) is 3. The Labute approximate surface area is 197 Å². The first-order valence-corrected chi connectivity index (χ1v) is 11.7. The molecule has 0 aliphatic carbocycles. The maximum absolute atomic E-state index is 12.6. The van der Waals surface area contributed by atoms with Crippen LogP contribution in [0.4, 0.5) is 0 Å². The van der Waals surface area contributed by atoms with Gasteiger partial charge in [0.15, 0.2) is 6.61 Å². The van der Waals surface area contributed by atoms with Gasteiger partial charge in [-0.2, -0.15) is 0 Å². The second-order valence-electron chi connectivity index (χ2n) is 9.92. The predicted molar refractivity (Wildman–Crippen MR) is 132 cm³/mol. The largest absolute Gasteiger partial charge is 0.484 e. The molecule has 33 heavy (non-hydrogen) atoms. The Morgan fingerprint density at radius 3 is 2.42 bits per heavy atom. The van der Waals surface area contributed by atoms with Crippen LogP contribution in [0, 0.1) is 0 Å². The minimum atomic E-state index is -0.105. The maximum atomic E-state index is 12.6. The van der Waals surface area contributed by atoms with Crippen molar-refractivity contribution < 1.29 is 9.53 Å². The van der Waals surface area contributed by atoms with Gasteiger partial charge in [-0.3, -0.25) is 9.69 Å². The van der Waals surface area contributed by atoms with E-state index in [1.807, 2.05) is 12.1 Å². The number of carbonyl (C=O) groups excluding carboxylic acids is 1. The molecule has 0 fully saturated rings. The summed E-state index contributed by atoms with van der Waals surface area (Å²) in [4.78, 5) is 15.1. The SMILES string of the molecule is Cn1cccc1[C@@H](CNC(=O)COc1ccc(C(C)(C)C)cc1)N1CCc2ccccc2C1. The van der Waals surface area contributed by atoms with E-state index in [0.717, 1.165) is 19.5 Å². The van der Waals surface area contributed by atoms with Gasteiger partial charge in [0.2, 0.25) is 0 Å². The number of nitrogens with one attached hydrogen (secondary N) is 1. The topological polar surface area (TPSA) is 46.5 Å². The van der Waals surface area contributed by atoms with Crippen LogP contribution in [0.1, 0.15) is 49.2 Å². The van der Waals surface area contributed by atoms with Gasteiger partial charge in [-0.15, -0.1) is 0 Å². The highest BCUT2D eigenvalue weighted by atomic mass is 16.5. The quantitative estimate of drug-likeness (QED) is 0.577. The van der Waals surface area contributed by atoms with Crippen molar-refractivity contribution in [2.45, 2.75) is 45.2 Å². The standard InChI is InChI=1S/C28H35N3O2/c1-28(2,3)23-11-13-24(14-12-23)33-20-27(32)29-18-26(25-10-7-16-30(25)4)31-17-15-21-8-5-6-9-22(21)19-31/h5-14,16,26H,15,17-20H2,1-4H3,(H,29,32)/t26-/m1/s1. The average Bonchev–Trinajstić information content (AvgIpc) is 3.23. The zero-order valence-electron chi connectivity index (χ0n) is 20.2. The fourth-order valence-corrected chi connectivity index (χ4v) is 4.49. The third-order valence-corrected chi connectivity index (χ3v) is 6.51. The molecule has 5 nitrogen and oxygen atoms in total. The van der Waals surface area contributed by atoms with Gasteiger partial charge in [0, 0.05) is 38.6 Å². The molecule has 0 spiro atoms. The second kappa shape index (κ2) is 9.84. The number of benzene rings is 2. The van der Waals surface area contributed by atoms with Gasteiger partial charge in [-0.1, -0.05) is 57.2 Å². The lowest BCUT2D eigenvalue weighted by Gasteiger charge is -2.36. The van der Waals surface area contributed by atoms with Gasteiger partial charge in [0.25, 0.3) is 5.91 Å². The zero-order chi connectivity index (χ0) is 23.4. The Morgan fingerprint density at radius 1 is 1.03 bits per heavy atom. The molecule has 0 radical (unpaired) electrons. The van der Waals surface area contributed by atoms with Crippen molar-refractivity contribution in [3.05, 3.63) is 89.2 Å². The molecule has 2 aromatic carbocycles. The molecular formula is C28H35N3O2. The molecule has 0 bridgehead atoms. The van der Waals surface area contributed by atoms with Crippen LogP contribution < -0.4 is 10.1 Å². The molecule has 0 unspecified atom stereocenters. The number of fused-ring (bicyclic) bond motifs is 1. The third-order valence-electron chi connectivity index (χ3n) is 6.51. The fourth-order valence-electron chi connectivity index (χ4n) is 4.49. The Bertz CT molecular complexity index is 1080. The minimum absolute atomic E-state index is 0.0115. The predicted octanol–water partition coefficient (Wildman–Crippen LogP) is 4.62. The summed E-state index contributed by atoms with van der Waals surface area (Å²) in [6, 6.07) is 21.0. The van der Waals surface area contributed by atoms with Crippen LogP contribution in [-0.4, -0.2) is 35.1 Å². The fraction of sp³-hybridized carbons (Fsp3) is 0.393. The van der Waals surface area contributed by atoms with E-state index in [-0.39, 0.29) is 24.0 Å². The molecule has 1 aliphatic rings. The van der Waals surface area contributed by atoms with Crippen LogP contribution >= 0.6 is 0 Å². The number of rotatable bonds is 7. The number of amides is 1. The van der Waals surface area contributed by atoms with Crippen molar-refractivity contribution in [2.75, 3.05) is 19.7 Å². The molecule has 0 saturated heterocycles. The highest BCUT2D eigenvalue weighted by Crippen LogP contribution is 2.28. The van der Waals surface area contributed by atoms with Crippen LogP contribution in [0.5, 0.6) is 5.75 Å². The van der Waals surface area contributed by atoms with E-state index < -0.39 is 0 Å². The molecule has 4 rings (SSSR count). The summed E-state index contributed by atoms with van der Waals surface area (Å²) in [6.45, 7) is 8.96. The molecule has 5 heteroatoms.